The highest BCUT2D eigenvalue weighted by molar-refractivity contribution is 8.00. The zero-order chi connectivity index (χ0) is 27.4. The second kappa shape index (κ2) is 11.7. The predicted molar refractivity (Wildman–Crippen MR) is 150 cm³/mol. The molecule has 39 heavy (non-hydrogen) atoms. The molecule has 4 aromatic rings. The Morgan fingerprint density at radius 2 is 1.85 bits per heavy atom. The molecule has 1 aromatic heterocycles. The van der Waals surface area contributed by atoms with Crippen LogP contribution in [0.2, 0.25) is 0 Å². The van der Waals surface area contributed by atoms with E-state index in [2.05, 4.69) is 5.32 Å². The van der Waals surface area contributed by atoms with Gasteiger partial charge in [0.15, 0.2) is 16.7 Å². The van der Waals surface area contributed by atoms with E-state index in [0.717, 1.165) is 11.3 Å². The van der Waals surface area contributed by atoms with Gasteiger partial charge in [0, 0.05) is 6.07 Å². The van der Waals surface area contributed by atoms with Crippen molar-refractivity contribution in [2.24, 2.45) is 0 Å². The zero-order valence-electron chi connectivity index (χ0n) is 21.9. The number of nitrogens with zero attached hydrogens (tertiary/aromatic N) is 2. The molecule has 0 unspecified atom stereocenters. The number of hydrogen-bond donors (Lipinski definition) is 1. The fourth-order valence-corrected chi connectivity index (χ4v) is 5.26. The summed E-state index contributed by atoms with van der Waals surface area (Å²) in [5.74, 6) is 2.17. The monoisotopic (exact) mass is 547 g/mol. The van der Waals surface area contributed by atoms with Crippen molar-refractivity contribution in [1.82, 2.24) is 9.55 Å². The van der Waals surface area contributed by atoms with Gasteiger partial charge in [0.25, 0.3) is 5.56 Å². The molecular formula is C29H29N3O6S. The highest BCUT2D eigenvalue weighted by atomic mass is 32.2. The molecule has 5 rings (SSSR count). The molecule has 0 saturated carbocycles. The van der Waals surface area contributed by atoms with Crippen molar-refractivity contribution in [2.75, 3.05) is 25.8 Å². The highest BCUT2D eigenvalue weighted by Crippen LogP contribution is 2.36. The fraction of sp³-hybridized carbons (Fsp3) is 0.276. The van der Waals surface area contributed by atoms with E-state index in [-0.39, 0.29) is 24.8 Å². The molecule has 9 nitrogen and oxygen atoms in total. The molecule has 10 heteroatoms. The Labute approximate surface area is 230 Å². The van der Waals surface area contributed by atoms with Crippen molar-refractivity contribution >= 4 is 34.3 Å². The van der Waals surface area contributed by atoms with Crippen LogP contribution < -0.4 is 29.8 Å². The number of aromatic nitrogens is 2. The van der Waals surface area contributed by atoms with Crippen LogP contribution in [0.25, 0.3) is 10.9 Å². The highest BCUT2D eigenvalue weighted by Gasteiger charge is 2.25. The van der Waals surface area contributed by atoms with E-state index in [9.17, 15) is 9.59 Å². The van der Waals surface area contributed by atoms with E-state index in [1.807, 2.05) is 56.3 Å². The average molecular weight is 548 g/mol. The number of anilines is 1. The van der Waals surface area contributed by atoms with Crippen molar-refractivity contribution in [3.05, 3.63) is 76.6 Å². The first kappa shape index (κ1) is 26.4. The Kier molecular flexibility index (Phi) is 7.92. The molecule has 1 aliphatic heterocycles. The summed E-state index contributed by atoms with van der Waals surface area (Å²) < 4.78 is 23.5. The molecule has 1 atom stereocenters. The molecule has 0 spiro atoms. The normalized spacial score (nSPS) is 12.8. The van der Waals surface area contributed by atoms with Gasteiger partial charge in [-0.05, 0) is 49.2 Å². The van der Waals surface area contributed by atoms with Gasteiger partial charge in [-0.1, -0.05) is 43.0 Å². The third kappa shape index (κ3) is 5.65. The molecule has 2 heterocycles. The Balaban J connectivity index is 1.51. The Bertz CT molecular complexity index is 1550. The summed E-state index contributed by atoms with van der Waals surface area (Å²) in [7, 11) is 1.61. The summed E-state index contributed by atoms with van der Waals surface area (Å²) in [4.78, 5) is 32.0. The lowest BCUT2D eigenvalue weighted by molar-refractivity contribution is -0.115. The largest absolute Gasteiger partial charge is 0.497 e. The van der Waals surface area contributed by atoms with Gasteiger partial charge in [-0.2, -0.15) is 0 Å². The number of carbonyl (C=O) groups excluding carboxylic acids is 1. The minimum atomic E-state index is -0.514. The van der Waals surface area contributed by atoms with Crippen LogP contribution in [-0.2, 0) is 11.3 Å². The molecule has 1 aliphatic rings. The van der Waals surface area contributed by atoms with Crippen LogP contribution in [0.15, 0.2) is 70.6 Å². The second-order valence-electron chi connectivity index (χ2n) is 8.79. The SMILES string of the molecule is CCOc1ccccc1NC(=O)[C@@H](CC)Sc1nc2cc3c(cc2c(=O)n1Cc1ccc(OC)cc1)OCO3. The lowest BCUT2D eigenvalue weighted by Crippen LogP contribution is -2.28. The number of thioether (sulfide) groups is 1. The molecule has 0 bridgehead atoms. The van der Waals surface area contributed by atoms with Gasteiger partial charge in [-0.25, -0.2) is 4.98 Å². The Morgan fingerprint density at radius 3 is 2.56 bits per heavy atom. The van der Waals surface area contributed by atoms with E-state index in [1.54, 1.807) is 29.9 Å². The summed E-state index contributed by atoms with van der Waals surface area (Å²) in [5.41, 5.74) is 1.74. The van der Waals surface area contributed by atoms with Gasteiger partial charge < -0.3 is 24.3 Å². The van der Waals surface area contributed by atoms with E-state index in [4.69, 9.17) is 23.9 Å². The van der Waals surface area contributed by atoms with Crippen molar-refractivity contribution in [2.45, 2.75) is 37.2 Å². The maximum absolute atomic E-state index is 13.8. The molecule has 0 saturated heterocycles. The number of carbonyl (C=O) groups is 1. The molecule has 202 valence electrons. The molecule has 1 amide bonds. The minimum absolute atomic E-state index is 0.0919. The fourth-order valence-electron chi connectivity index (χ4n) is 4.25. The standard InChI is InChI=1S/C29H29N3O6S/c1-4-26(27(33)30-21-8-6-7-9-23(21)36-5-2)39-29-31-22-15-25-24(37-17-38-25)14-20(22)28(34)32(29)16-18-10-12-19(35-3)13-11-18/h6-15,26H,4-5,16-17H2,1-3H3,(H,30,33)/t26-/m1/s1. The molecular weight excluding hydrogens is 518 g/mol. The number of para-hydroxylation sites is 2. The number of fused-ring (bicyclic) bond motifs is 2. The minimum Gasteiger partial charge on any atom is -0.497 e. The van der Waals surface area contributed by atoms with Crippen LogP contribution in [0.1, 0.15) is 25.8 Å². The van der Waals surface area contributed by atoms with Crippen molar-refractivity contribution in [1.29, 1.82) is 0 Å². The van der Waals surface area contributed by atoms with Crippen LogP contribution in [-0.4, -0.2) is 41.2 Å². The summed E-state index contributed by atoms with van der Waals surface area (Å²) in [6.45, 7) is 4.67. The van der Waals surface area contributed by atoms with Gasteiger partial charge >= 0.3 is 0 Å². The van der Waals surface area contributed by atoms with E-state index in [0.29, 0.717) is 52.0 Å². The summed E-state index contributed by atoms with van der Waals surface area (Å²) >= 11 is 1.25. The molecule has 0 aliphatic carbocycles. The number of amides is 1. The predicted octanol–water partition coefficient (Wildman–Crippen LogP) is 5.09. The van der Waals surface area contributed by atoms with Crippen LogP contribution in [0, 0.1) is 0 Å². The molecule has 0 fully saturated rings. The number of nitrogens with one attached hydrogen (secondary N) is 1. The van der Waals surface area contributed by atoms with Gasteiger partial charge in [-0.3, -0.25) is 14.2 Å². The van der Waals surface area contributed by atoms with E-state index in [1.165, 1.54) is 11.8 Å². The first-order valence-electron chi connectivity index (χ1n) is 12.7. The van der Waals surface area contributed by atoms with Crippen LogP contribution >= 0.6 is 11.8 Å². The molecule has 1 N–H and O–H groups in total. The van der Waals surface area contributed by atoms with Crippen LogP contribution in [0.4, 0.5) is 5.69 Å². The number of ether oxygens (including phenoxy) is 4. The van der Waals surface area contributed by atoms with E-state index < -0.39 is 5.25 Å². The maximum atomic E-state index is 13.8. The molecule has 0 radical (unpaired) electrons. The van der Waals surface area contributed by atoms with Crippen LogP contribution in [0.5, 0.6) is 23.0 Å². The Hall–Kier alpha value is -4.18. The van der Waals surface area contributed by atoms with Gasteiger partial charge in [0.05, 0.1) is 42.1 Å². The number of rotatable bonds is 10. The molecule has 3 aromatic carbocycles. The third-order valence-electron chi connectivity index (χ3n) is 6.27. The number of methoxy groups -OCH3 is 1. The second-order valence-corrected chi connectivity index (χ2v) is 9.96. The van der Waals surface area contributed by atoms with Crippen molar-refractivity contribution in [3.63, 3.8) is 0 Å². The summed E-state index contributed by atoms with van der Waals surface area (Å²) in [6.07, 6.45) is 0.519. The quantitative estimate of drug-likeness (QED) is 0.216. The summed E-state index contributed by atoms with van der Waals surface area (Å²) in [5, 5.41) is 3.32. The van der Waals surface area contributed by atoms with Gasteiger partial charge in [-0.15, -0.1) is 0 Å². The Morgan fingerprint density at radius 1 is 1.10 bits per heavy atom. The lowest BCUT2D eigenvalue weighted by atomic mass is 10.2. The van der Waals surface area contributed by atoms with E-state index >= 15 is 0 Å². The maximum Gasteiger partial charge on any atom is 0.262 e. The zero-order valence-corrected chi connectivity index (χ0v) is 22.7. The number of benzene rings is 3. The topological polar surface area (TPSA) is 101 Å². The van der Waals surface area contributed by atoms with Gasteiger partial charge in [0.2, 0.25) is 12.7 Å². The first-order chi connectivity index (χ1) is 19.0. The third-order valence-corrected chi connectivity index (χ3v) is 7.62. The van der Waals surface area contributed by atoms with Gasteiger partial charge in [0.1, 0.15) is 11.5 Å². The van der Waals surface area contributed by atoms with Crippen LogP contribution in [0.3, 0.4) is 0 Å². The van der Waals surface area contributed by atoms with Crippen molar-refractivity contribution < 1.29 is 23.7 Å². The van der Waals surface area contributed by atoms with Crippen molar-refractivity contribution in [3.8, 4) is 23.0 Å². The number of hydrogen-bond acceptors (Lipinski definition) is 8. The summed E-state index contributed by atoms with van der Waals surface area (Å²) in [6, 6.07) is 18.2. The smallest absolute Gasteiger partial charge is 0.262 e. The first-order valence-corrected chi connectivity index (χ1v) is 13.5. The lowest BCUT2D eigenvalue weighted by Gasteiger charge is -2.19. The average Bonchev–Trinajstić information content (AvgIpc) is 3.41.